The molecule has 1 aliphatic heterocycles. The van der Waals surface area contributed by atoms with Gasteiger partial charge in [-0.3, -0.25) is 10.1 Å². The Morgan fingerprint density at radius 2 is 1.65 bits per heavy atom. The smallest absolute Gasteiger partial charge is 0.324 e. The molecule has 3 amide bonds. The van der Waals surface area contributed by atoms with Crippen molar-refractivity contribution in [1.29, 1.82) is 0 Å². The van der Waals surface area contributed by atoms with Gasteiger partial charge in [-0.15, -0.1) is 0 Å². The van der Waals surface area contributed by atoms with E-state index in [1.807, 2.05) is 72.5 Å². The number of furan rings is 1. The Hall–Kier alpha value is -5.05. The Labute approximate surface area is 269 Å². The molecule has 1 aliphatic rings. The first kappa shape index (κ1) is 31.0. The number of methoxy groups -OCH3 is 1. The molecule has 46 heavy (non-hydrogen) atoms. The van der Waals surface area contributed by atoms with Gasteiger partial charge in [0.05, 0.1) is 18.5 Å². The average molecular weight is 620 g/mol. The number of nitrogens with one attached hydrogen (secondary N) is 2. The van der Waals surface area contributed by atoms with Crippen LogP contribution in [0.2, 0.25) is 0 Å². The van der Waals surface area contributed by atoms with Gasteiger partial charge < -0.3 is 19.4 Å². The van der Waals surface area contributed by atoms with E-state index in [1.54, 1.807) is 17.9 Å². The third-order valence-electron chi connectivity index (χ3n) is 8.57. The maximum absolute atomic E-state index is 13.1. The van der Waals surface area contributed by atoms with Crippen molar-refractivity contribution in [3.8, 4) is 11.4 Å². The van der Waals surface area contributed by atoms with Gasteiger partial charge in [-0.2, -0.15) is 5.10 Å². The molecule has 2 N–H and O–H groups in total. The summed E-state index contributed by atoms with van der Waals surface area (Å²) in [5.41, 5.74) is 5.35. The van der Waals surface area contributed by atoms with Crippen molar-refractivity contribution in [2.24, 2.45) is 5.92 Å². The number of likely N-dealkylation sites (tertiary alicyclic amines) is 1. The molecule has 0 radical (unpaired) electrons. The number of rotatable bonds is 7. The van der Waals surface area contributed by atoms with Gasteiger partial charge in [-0.05, 0) is 86.2 Å². The van der Waals surface area contributed by atoms with Crippen LogP contribution in [-0.4, -0.2) is 46.8 Å². The lowest BCUT2D eigenvalue weighted by atomic mass is 9.90. The van der Waals surface area contributed by atoms with Crippen LogP contribution in [0.15, 0.2) is 83.3 Å². The van der Waals surface area contributed by atoms with Crippen LogP contribution in [0, 0.1) is 12.8 Å². The zero-order valence-corrected chi connectivity index (χ0v) is 27.1. The summed E-state index contributed by atoms with van der Waals surface area (Å²) in [5, 5.41) is 11.6. The van der Waals surface area contributed by atoms with Gasteiger partial charge in [0, 0.05) is 35.6 Å². The maximum Gasteiger partial charge on any atom is 0.324 e. The lowest BCUT2D eigenvalue weighted by Gasteiger charge is -2.31. The van der Waals surface area contributed by atoms with Crippen LogP contribution in [0.3, 0.4) is 0 Å². The molecule has 0 atom stereocenters. The fourth-order valence-corrected chi connectivity index (χ4v) is 5.81. The number of urea groups is 1. The average Bonchev–Trinajstić information content (AvgIpc) is 3.67. The van der Waals surface area contributed by atoms with Gasteiger partial charge in [0.25, 0.3) is 5.91 Å². The Morgan fingerprint density at radius 1 is 0.935 bits per heavy atom. The molecule has 3 heterocycles. The molecule has 2 aromatic heterocycles. The molecule has 0 spiro atoms. The number of anilines is 2. The molecular formula is C37H41N5O4. The zero-order chi connectivity index (χ0) is 32.4. The zero-order valence-electron chi connectivity index (χ0n) is 27.1. The van der Waals surface area contributed by atoms with E-state index in [1.165, 1.54) is 5.56 Å². The fourth-order valence-electron chi connectivity index (χ4n) is 5.81. The molecule has 0 unspecified atom stereocenters. The van der Waals surface area contributed by atoms with Crippen LogP contribution in [0.4, 0.5) is 16.3 Å². The normalized spacial score (nSPS) is 14.0. The summed E-state index contributed by atoms with van der Waals surface area (Å²) in [5.74, 6) is 2.11. The van der Waals surface area contributed by atoms with Crippen molar-refractivity contribution in [2.45, 2.75) is 52.4 Å². The summed E-state index contributed by atoms with van der Waals surface area (Å²) in [6.07, 6.45) is 2.77. The number of ether oxygens (including phenoxy) is 1. The molecular weight excluding hydrogens is 578 g/mol. The number of amides is 3. The summed E-state index contributed by atoms with van der Waals surface area (Å²) in [7, 11) is 1.62. The molecule has 5 aromatic rings. The van der Waals surface area contributed by atoms with E-state index in [-0.39, 0.29) is 17.4 Å². The Kier molecular flexibility index (Phi) is 8.58. The Balaban J connectivity index is 1.03. The van der Waals surface area contributed by atoms with Crippen LogP contribution < -0.4 is 15.4 Å². The number of nitrogens with zero attached hydrogens (tertiary/aromatic N) is 3. The summed E-state index contributed by atoms with van der Waals surface area (Å²) < 4.78 is 12.9. The number of carbonyl (C=O) groups excluding carboxylic acids is 2. The number of hydrogen-bond donors (Lipinski definition) is 2. The summed E-state index contributed by atoms with van der Waals surface area (Å²) in [6, 6.07) is 25.0. The maximum atomic E-state index is 13.1. The molecule has 9 nitrogen and oxygen atoms in total. The molecule has 1 saturated heterocycles. The van der Waals surface area contributed by atoms with Crippen LogP contribution >= 0.6 is 0 Å². The predicted molar refractivity (Wildman–Crippen MR) is 181 cm³/mol. The Morgan fingerprint density at radius 3 is 2.33 bits per heavy atom. The number of hydrogen-bond acceptors (Lipinski definition) is 5. The monoisotopic (exact) mass is 619 g/mol. The number of piperidine rings is 1. The first-order valence-corrected chi connectivity index (χ1v) is 15.8. The SMILES string of the molecule is COc1ccc2oc(C(=O)N3CCC(Cc4ccc(NC(=O)Nc5cc(C(C)(C)C)nn5-c5ccc(C)cc5)cc4)CC3)cc2c1. The third kappa shape index (κ3) is 6.93. The molecule has 3 aromatic carbocycles. The summed E-state index contributed by atoms with van der Waals surface area (Å²) in [4.78, 5) is 28.1. The Bertz CT molecular complexity index is 1840. The van der Waals surface area contributed by atoms with Gasteiger partial charge >= 0.3 is 6.03 Å². The van der Waals surface area contributed by atoms with Crippen molar-refractivity contribution >= 4 is 34.4 Å². The minimum atomic E-state index is -0.331. The van der Waals surface area contributed by atoms with E-state index in [0.29, 0.717) is 41.9 Å². The van der Waals surface area contributed by atoms with E-state index in [4.69, 9.17) is 14.3 Å². The van der Waals surface area contributed by atoms with Crippen molar-refractivity contribution in [3.05, 3.63) is 101 Å². The van der Waals surface area contributed by atoms with Crippen LogP contribution in [0.25, 0.3) is 16.7 Å². The number of benzene rings is 3. The molecule has 238 valence electrons. The number of carbonyl (C=O) groups is 2. The highest BCUT2D eigenvalue weighted by atomic mass is 16.5. The minimum Gasteiger partial charge on any atom is -0.497 e. The summed E-state index contributed by atoms with van der Waals surface area (Å²) >= 11 is 0. The van der Waals surface area contributed by atoms with E-state index < -0.39 is 0 Å². The number of aryl methyl sites for hydroxylation is 1. The number of fused-ring (bicyclic) bond motifs is 1. The van der Waals surface area contributed by atoms with Crippen molar-refractivity contribution in [3.63, 3.8) is 0 Å². The van der Waals surface area contributed by atoms with Gasteiger partial charge in [-0.1, -0.05) is 50.6 Å². The van der Waals surface area contributed by atoms with E-state index in [9.17, 15) is 9.59 Å². The highest BCUT2D eigenvalue weighted by Gasteiger charge is 2.26. The molecule has 0 aliphatic carbocycles. The van der Waals surface area contributed by atoms with Gasteiger partial charge in [0.15, 0.2) is 5.76 Å². The third-order valence-corrected chi connectivity index (χ3v) is 8.57. The van der Waals surface area contributed by atoms with Crippen LogP contribution in [0.1, 0.15) is 61.0 Å². The van der Waals surface area contributed by atoms with Crippen molar-refractivity contribution in [2.75, 3.05) is 30.8 Å². The highest BCUT2D eigenvalue weighted by molar-refractivity contribution is 5.99. The fraction of sp³-hybridized carbons (Fsp3) is 0.324. The topological polar surface area (TPSA) is 102 Å². The molecule has 6 rings (SSSR count). The second-order valence-electron chi connectivity index (χ2n) is 13.1. The first-order chi connectivity index (χ1) is 22.1. The predicted octanol–water partition coefficient (Wildman–Crippen LogP) is 7.97. The first-order valence-electron chi connectivity index (χ1n) is 15.8. The van der Waals surface area contributed by atoms with Crippen LogP contribution in [-0.2, 0) is 11.8 Å². The quantitative estimate of drug-likeness (QED) is 0.192. The molecule has 1 fully saturated rings. The minimum absolute atomic E-state index is 0.0705. The van der Waals surface area contributed by atoms with E-state index in [0.717, 1.165) is 47.3 Å². The lowest BCUT2D eigenvalue weighted by Crippen LogP contribution is -2.38. The van der Waals surface area contributed by atoms with E-state index in [2.05, 4.69) is 43.5 Å². The van der Waals surface area contributed by atoms with Gasteiger partial charge in [0.2, 0.25) is 0 Å². The van der Waals surface area contributed by atoms with Crippen molar-refractivity contribution < 1.29 is 18.7 Å². The molecule has 0 bridgehead atoms. The van der Waals surface area contributed by atoms with E-state index >= 15 is 0 Å². The standard InChI is InChI=1S/C37H41N5O4/c1-24-6-12-29(13-7-24)42-34(23-33(40-42)37(2,3)4)39-36(44)38-28-10-8-25(9-11-28)20-26-16-18-41(19-17-26)35(43)32-22-27-21-30(45-5)14-15-31(27)46-32/h6-15,21-23,26H,16-20H2,1-5H3,(H2,38,39,44). The van der Waals surface area contributed by atoms with Gasteiger partial charge in [-0.25, -0.2) is 9.48 Å². The second-order valence-corrected chi connectivity index (χ2v) is 13.1. The summed E-state index contributed by atoms with van der Waals surface area (Å²) in [6.45, 7) is 9.73. The van der Waals surface area contributed by atoms with Crippen molar-refractivity contribution in [1.82, 2.24) is 14.7 Å². The highest BCUT2D eigenvalue weighted by Crippen LogP contribution is 2.29. The molecule has 9 heteroatoms. The second kappa shape index (κ2) is 12.7. The largest absolute Gasteiger partial charge is 0.497 e. The van der Waals surface area contributed by atoms with Crippen LogP contribution in [0.5, 0.6) is 5.75 Å². The molecule has 0 saturated carbocycles. The number of aromatic nitrogens is 2. The van der Waals surface area contributed by atoms with Gasteiger partial charge in [0.1, 0.15) is 17.2 Å². The lowest BCUT2D eigenvalue weighted by molar-refractivity contribution is 0.0661.